The molecular formula is C15H22FN3O6. The van der Waals surface area contributed by atoms with E-state index in [1.807, 2.05) is 0 Å². The lowest BCUT2D eigenvalue weighted by atomic mass is 9.82. The summed E-state index contributed by atoms with van der Waals surface area (Å²) in [6.07, 6.45) is -1.75. The van der Waals surface area contributed by atoms with Crippen LogP contribution < -0.4 is 17.0 Å². The van der Waals surface area contributed by atoms with Crippen molar-refractivity contribution >= 4 is 5.97 Å². The lowest BCUT2D eigenvalue weighted by molar-refractivity contribution is -0.144. The van der Waals surface area contributed by atoms with E-state index >= 15 is 4.39 Å². The highest BCUT2D eigenvalue weighted by molar-refractivity contribution is 5.75. The van der Waals surface area contributed by atoms with Gasteiger partial charge in [0.05, 0.1) is 13.2 Å². The van der Waals surface area contributed by atoms with Gasteiger partial charge in [-0.3, -0.25) is 19.1 Å². The van der Waals surface area contributed by atoms with Gasteiger partial charge in [-0.25, -0.2) is 9.18 Å². The molecule has 1 aliphatic heterocycles. The van der Waals surface area contributed by atoms with E-state index in [-0.39, 0.29) is 12.0 Å². The number of carbonyl (C=O) groups excluding carboxylic acids is 1. The molecule has 0 saturated carbocycles. The van der Waals surface area contributed by atoms with Crippen LogP contribution in [0.1, 0.15) is 32.1 Å². The van der Waals surface area contributed by atoms with Crippen molar-refractivity contribution in [2.24, 2.45) is 5.73 Å². The van der Waals surface area contributed by atoms with Gasteiger partial charge in [-0.05, 0) is 20.8 Å². The molecule has 0 bridgehead atoms. The number of aliphatic hydroxyl groups is 1. The van der Waals surface area contributed by atoms with Gasteiger partial charge in [0.15, 0.2) is 11.9 Å². The van der Waals surface area contributed by atoms with Crippen LogP contribution in [-0.4, -0.2) is 51.2 Å². The molecule has 0 aliphatic carbocycles. The number of aromatic nitrogens is 2. The monoisotopic (exact) mass is 359 g/mol. The summed E-state index contributed by atoms with van der Waals surface area (Å²) in [5, 5.41) is 10.6. The average Bonchev–Trinajstić information content (AvgIpc) is 2.69. The fourth-order valence-corrected chi connectivity index (χ4v) is 2.83. The first kappa shape index (κ1) is 19.3. The maximum Gasteiger partial charge on any atom is 0.330 e. The van der Waals surface area contributed by atoms with Crippen molar-refractivity contribution in [3.05, 3.63) is 32.6 Å². The number of rotatable bonds is 4. The number of aryl methyl sites for hydroxylation is 1. The Hall–Kier alpha value is -2.04. The summed E-state index contributed by atoms with van der Waals surface area (Å²) in [5.74, 6) is -0.736. The molecule has 2 rings (SSSR count). The number of hydrogen-bond acceptors (Lipinski definition) is 7. The third-order valence-corrected chi connectivity index (χ3v) is 4.74. The molecule has 25 heavy (non-hydrogen) atoms. The number of ether oxygens (including phenoxy) is 2. The number of alkyl halides is 1. The van der Waals surface area contributed by atoms with E-state index < -0.39 is 46.9 Å². The number of halogens is 1. The minimum Gasteiger partial charge on any atom is -0.468 e. The fraction of sp³-hybridized carbons (Fsp3) is 0.667. The Kier molecular flexibility index (Phi) is 4.90. The number of H-pyrrole nitrogens is 1. The molecule has 2 heterocycles. The predicted molar refractivity (Wildman–Crippen MR) is 84.7 cm³/mol. The van der Waals surface area contributed by atoms with E-state index in [1.165, 1.54) is 13.8 Å². The third-order valence-electron chi connectivity index (χ3n) is 4.74. The number of nitrogens with zero attached hydrogens (tertiary/aromatic N) is 1. The summed E-state index contributed by atoms with van der Waals surface area (Å²) in [6, 6.07) is -1.13. The highest BCUT2D eigenvalue weighted by Gasteiger charge is 2.63. The number of esters is 1. The Bertz CT molecular complexity index is 784. The standard InChI is InChI=1S/C15H22FN3O6/c1-7-6-19(13(22)18-10(7)20)12-14(2,16)15(3,23)9(25-12)5-8(17)11(21)24-4/h6,8-9,12,23H,5,17H2,1-4H3,(H,18,20,22)/t8?,9-,12-,14+,15-/m1/s1. The Balaban J connectivity index is 2.42. The van der Waals surface area contributed by atoms with Crippen LogP contribution in [0, 0.1) is 6.92 Å². The Morgan fingerprint density at radius 1 is 1.56 bits per heavy atom. The third kappa shape index (κ3) is 3.12. The molecule has 140 valence electrons. The number of carbonyl (C=O) groups is 1. The van der Waals surface area contributed by atoms with Gasteiger partial charge in [0.1, 0.15) is 11.6 Å². The van der Waals surface area contributed by atoms with Crippen LogP contribution in [0.2, 0.25) is 0 Å². The molecule has 9 nitrogen and oxygen atoms in total. The van der Waals surface area contributed by atoms with Crippen LogP contribution in [0.5, 0.6) is 0 Å². The molecule has 1 saturated heterocycles. The van der Waals surface area contributed by atoms with Crippen molar-refractivity contribution < 1.29 is 23.8 Å². The highest BCUT2D eigenvalue weighted by atomic mass is 19.1. The molecule has 5 atom stereocenters. The second-order valence-corrected chi connectivity index (χ2v) is 6.54. The van der Waals surface area contributed by atoms with Gasteiger partial charge in [-0.15, -0.1) is 0 Å². The van der Waals surface area contributed by atoms with Gasteiger partial charge in [0.25, 0.3) is 5.56 Å². The smallest absolute Gasteiger partial charge is 0.330 e. The molecule has 0 amide bonds. The van der Waals surface area contributed by atoms with E-state index in [4.69, 9.17) is 10.5 Å². The highest BCUT2D eigenvalue weighted by Crippen LogP contribution is 2.48. The largest absolute Gasteiger partial charge is 0.468 e. The van der Waals surface area contributed by atoms with Crippen molar-refractivity contribution in [3.8, 4) is 0 Å². The van der Waals surface area contributed by atoms with Gasteiger partial charge >= 0.3 is 11.7 Å². The molecule has 4 N–H and O–H groups in total. The molecule has 10 heteroatoms. The zero-order valence-electron chi connectivity index (χ0n) is 14.4. The molecule has 0 spiro atoms. The Morgan fingerprint density at radius 3 is 2.72 bits per heavy atom. The van der Waals surface area contributed by atoms with Crippen molar-refractivity contribution in [2.45, 2.75) is 56.8 Å². The normalized spacial score (nSPS) is 33.2. The van der Waals surface area contributed by atoms with Crippen LogP contribution in [-0.2, 0) is 14.3 Å². The minimum absolute atomic E-state index is 0.174. The maximum absolute atomic E-state index is 15.4. The van der Waals surface area contributed by atoms with Gasteiger partial charge in [-0.2, -0.15) is 0 Å². The van der Waals surface area contributed by atoms with Crippen molar-refractivity contribution in [2.75, 3.05) is 7.11 Å². The molecule has 1 aromatic heterocycles. The molecule has 0 radical (unpaired) electrons. The first-order chi connectivity index (χ1) is 11.4. The Labute approximate surface area is 142 Å². The van der Waals surface area contributed by atoms with Crippen molar-refractivity contribution in [1.29, 1.82) is 0 Å². The summed E-state index contributed by atoms with van der Waals surface area (Å²) >= 11 is 0. The van der Waals surface area contributed by atoms with Crippen LogP contribution in [0.25, 0.3) is 0 Å². The minimum atomic E-state index is -2.40. The average molecular weight is 359 g/mol. The SMILES string of the molecule is COC(=O)C(N)C[C@H]1O[C@@H](n2cc(C)c(=O)[nH]c2=O)[C@](C)(F)[C@]1(C)O. The number of hydrogen-bond donors (Lipinski definition) is 3. The van der Waals surface area contributed by atoms with Crippen molar-refractivity contribution in [3.63, 3.8) is 0 Å². The second kappa shape index (κ2) is 6.36. The van der Waals surface area contributed by atoms with E-state index in [2.05, 4.69) is 9.72 Å². The molecule has 1 unspecified atom stereocenters. The molecule has 1 fully saturated rings. The van der Waals surface area contributed by atoms with Gasteiger partial charge in [0, 0.05) is 18.2 Å². The van der Waals surface area contributed by atoms with Crippen LogP contribution in [0.15, 0.2) is 15.8 Å². The van der Waals surface area contributed by atoms with Gasteiger partial charge in [0.2, 0.25) is 0 Å². The number of nitrogens with one attached hydrogen (secondary N) is 1. The van der Waals surface area contributed by atoms with E-state index in [0.29, 0.717) is 0 Å². The zero-order valence-corrected chi connectivity index (χ0v) is 14.4. The maximum atomic E-state index is 15.4. The zero-order chi connectivity index (χ0) is 19.2. The summed E-state index contributed by atoms with van der Waals surface area (Å²) < 4.78 is 26.3. The first-order valence-electron chi connectivity index (χ1n) is 7.65. The quantitative estimate of drug-likeness (QED) is 0.593. The Morgan fingerprint density at radius 2 is 2.16 bits per heavy atom. The topological polar surface area (TPSA) is 137 Å². The fourth-order valence-electron chi connectivity index (χ4n) is 2.83. The van der Waals surface area contributed by atoms with E-state index in [1.54, 1.807) is 0 Å². The number of methoxy groups -OCH3 is 1. The lowest BCUT2D eigenvalue weighted by Gasteiger charge is -2.33. The number of nitrogens with two attached hydrogens (primary N) is 1. The number of aromatic amines is 1. The molecule has 1 aromatic rings. The van der Waals surface area contributed by atoms with Gasteiger partial charge < -0.3 is 20.3 Å². The summed E-state index contributed by atoms with van der Waals surface area (Å²) in [7, 11) is 1.15. The van der Waals surface area contributed by atoms with Crippen molar-refractivity contribution in [1.82, 2.24) is 9.55 Å². The predicted octanol–water partition coefficient (Wildman–Crippen LogP) is -0.888. The van der Waals surface area contributed by atoms with Crippen LogP contribution in [0.4, 0.5) is 4.39 Å². The van der Waals surface area contributed by atoms with Crippen LogP contribution in [0.3, 0.4) is 0 Å². The van der Waals surface area contributed by atoms with E-state index in [0.717, 1.165) is 24.8 Å². The first-order valence-corrected chi connectivity index (χ1v) is 7.65. The van der Waals surface area contributed by atoms with Gasteiger partial charge in [-0.1, -0.05) is 0 Å². The summed E-state index contributed by atoms with van der Waals surface area (Å²) in [5.41, 5.74) is -0.0818. The summed E-state index contributed by atoms with van der Waals surface area (Å²) in [6.45, 7) is 3.72. The van der Waals surface area contributed by atoms with Crippen LogP contribution >= 0.6 is 0 Å². The molecule has 0 aromatic carbocycles. The molecule has 1 aliphatic rings. The van der Waals surface area contributed by atoms with E-state index in [9.17, 15) is 19.5 Å². The second-order valence-electron chi connectivity index (χ2n) is 6.54. The lowest BCUT2D eigenvalue weighted by Crippen LogP contribution is -2.53. The summed E-state index contributed by atoms with van der Waals surface area (Å²) in [4.78, 5) is 37.1. The molecular weight excluding hydrogens is 337 g/mol.